The first-order chi connectivity index (χ1) is 9.29. The molecular formula is C13H9BrF3NO2. The summed E-state index contributed by atoms with van der Waals surface area (Å²) in [6.07, 6.45) is -3.29. The maximum absolute atomic E-state index is 12.5. The molecule has 0 unspecified atom stereocenters. The zero-order chi connectivity index (χ0) is 15.3. The van der Waals surface area contributed by atoms with E-state index in [4.69, 9.17) is 5.26 Å². The van der Waals surface area contributed by atoms with Crippen LogP contribution in [0.3, 0.4) is 0 Å². The maximum atomic E-state index is 12.5. The number of hydrogen-bond donors (Lipinski definition) is 0. The summed E-state index contributed by atoms with van der Waals surface area (Å²) in [7, 11) is 0. The quantitative estimate of drug-likeness (QED) is 0.472. The van der Waals surface area contributed by atoms with Gasteiger partial charge < -0.3 is 4.74 Å². The molecule has 7 heteroatoms. The van der Waals surface area contributed by atoms with E-state index in [1.165, 1.54) is 12.1 Å². The molecule has 0 saturated carbocycles. The molecule has 0 amide bonds. The molecule has 20 heavy (non-hydrogen) atoms. The minimum Gasteiger partial charge on any atom is -0.462 e. The summed E-state index contributed by atoms with van der Waals surface area (Å²) in [6.45, 7) is 1.69. The van der Waals surface area contributed by atoms with Crippen LogP contribution in [0.2, 0.25) is 0 Å². The number of alkyl halides is 3. The molecule has 1 aromatic carbocycles. The van der Waals surface area contributed by atoms with Crippen molar-refractivity contribution in [1.82, 2.24) is 0 Å². The summed E-state index contributed by atoms with van der Waals surface area (Å²) in [6, 6.07) is 4.57. The van der Waals surface area contributed by atoms with Gasteiger partial charge in [0.2, 0.25) is 0 Å². The molecule has 3 nitrogen and oxygen atoms in total. The first kappa shape index (κ1) is 16.2. The minimum absolute atomic E-state index is 0.103. The SMILES string of the molecule is CCOC(=O)/C(C#N)=C\c1ccc(C(F)(F)F)cc1Br. The Morgan fingerprint density at radius 2 is 2.15 bits per heavy atom. The van der Waals surface area contributed by atoms with Crippen molar-refractivity contribution in [3.8, 4) is 6.07 Å². The zero-order valence-corrected chi connectivity index (χ0v) is 11.9. The van der Waals surface area contributed by atoms with E-state index in [1.807, 2.05) is 0 Å². The van der Waals surface area contributed by atoms with Crippen LogP contribution >= 0.6 is 15.9 Å². The number of benzene rings is 1. The molecule has 0 spiro atoms. The van der Waals surface area contributed by atoms with Gasteiger partial charge in [0.05, 0.1) is 12.2 Å². The molecule has 0 aliphatic heterocycles. The van der Waals surface area contributed by atoms with Crippen molar-refractivity contribution in [2.24, 2.45) is 0 Å². The van der Waals surface area contributed by atoms with Crippen molar-refractivity contribution in [1.29, 1.82) is 5.26 Å². The van der Waals surface area contributed by atoms with Crippen LogP contribution in [0.4, 0.5) is 13.2 Å². The van der Waals surface area contributed by atoms with E-state index in [1.54, 1.807) is 13.0 Å². The monoisotopic (exact) mass is 347 g/mol. The second-order valence-electron chi connectivity index (χ2n) is 3.62. The molecule has 106 valence electrons. The second-order valence-corrected chi connectivity index (χ2v) is 4.48. The Morgan fingerprint density at radius 1 is 1.50 bits per heavy atom. The van der Waals surface area contributed by atoms with Gasteiger partial charge in [-0.1, -0.05) is 22.0 Å². The summed E-state index contributed by atoms with van der Waals surface area (Å²) < 4.78 is 42.3. The normalized spacial score (nSPS) is 11.9. The van der Waals surface area contributed by atoms with E-state index >= 15 is 0 Å². The van der Waals surface area contributed by atoms with Gasteiger partial charge in [-0.25, -0.2) is 4.79 Å². The van der Waals surface area contributed by atoms with Gasteiger partial charge in [0.15, 0.2) is 0 Å². The largest absolute Gasteiger partial charge is 0.462 e. The third-order valence-corrected chi connectivity index (χ3v) is 2.93. The molecule has 0 aliphatic carbocycles. The number of ether oxygens (including phenoxy) is 1. The minimum atomic E-state index is -4.45. The lowest BCUT2D eigenvalue weighted by Gasteiger charge is -2.08. The van der Waals surface area contributed by atoms with E-state index in [-0.39, 0.29) is 22.2 Å². The lowest BCUT2D eigenvalue weighted by molar-refractivity contribution is -0.138. The highest BCUT2D eigenvalue weighted by Gasteiger charge is 2.30. The van der Waals surface area contributed by atoms with Crippen LogP contribution in [-0.4, -0.2) is 12.6 Å². The topological polar surface area (TPSA) is 50.1 Å². The number of carbonyl (C=O) groups is 1. The highest BCUT2D eigenvalue weighted by molar-refractivity contribution is 9.10. The fourth-order valence-corrected chi connectivity index (χ4v) is 1.81. The molecule has 0 aromatic heterocycles. The van der Waals surface area contributed by atoms with Gasteiger partial charge in [0.1, 0.15) is 11.6 Å². The Morgan fingerprint density at radius 3 is 2.60 bits per heavy atom. The molecule has 0 saturated heterocycles. The van der Waals surface area contributed by atoms with Gasteiger partial charge >= 0.3 is 12.1 Å². The molecule has 0 fully saturated rings. The fourth-order valence-electron chi connectivity index (χ4n) is 1.32. The number of esters is 1. The smallest absolute Gasteiger partial charge is 0.416 e. The van der Waals surface area contributed by atoms with E-state index in [0.29, 0.717) is 0 Å². The van der Waals surface area contributed by atoms with Gasteiger partial charge in [-0.2, -0.15) is 18.4 Å². The third kappa shape index (κ3) is 4.10. The van der Waals surface area contributed by atoms with Crippen LogP contribution in [0.15, 0.2) is 28.2 Å². The first-order valence-corrected chi connectivity index (χ1v) is 6.24. The standard InChI is InChI=1S/C13H9BrF3NO2/c1-2-20-12(19)9(7-18)5-8-3-4-10(6-11(8)14)13(15,16)17/h3-6H,2H2,1H3/b9-5-. The molecule has 0 aliphatic rings. The average Bonchev–Trinajstić information content (AvgIpc) is 2.36. The lowest BCUT2D eigenvalue weighted by atomic mass is 10.1. The van der Waals surface area contributed by atoms with Crippen LogP contribution in [0, 0.1) is 11.3 Å². The Labute approximate surface area is 121 Å². The lowest BCUT2D eigenvalue weighted by Crippen LogP contribution is -2.07. The summed E-state index contributed by atoms with van der Waals surface area (Å²) in [5.74, 6) is -0.818. The Bertz CT molecular complexity index is 588. The van der Waals surface area contributed by atoms with Crippen LogP contribution in [0.5, 0.6) is 0 Å². The van der Waals surface area contributed by atoms with Crippen LogP contribution < -0.4 is 0 Å². The van der Waals surface area contributed by atoms with Crippen molar-refractivity contribution in [2.75, 3.05) is 6.61 Å². The number of carbonyl (C=O) groups excluding carboxylic acids is 1. The van der Waals surface area contributed by atoms with Gasteiger partial charge in [-0.05, 0) is 30.7 Å². The fraction of sp³-hybridized carbons (Fsp3) is 0.231. The summed E-state index contributed by atoms with van der Waals surface area (Å²) in [5, 5.41) is 8.84. The van der Waals surface area contributed by atoms with Gasteiger partial charge in [0.25, 0.3) is 0 Å². The van der Waals surface area contributed by atoms with Crippen molar-refractivity contribution in [3.05, 3.63) is 39.4 Å². The highest BCUT2D eigenvalue weighted by Crippen LogP contribution is 2.32. The van der Waals surface area contributed by atoms with Crippen molar-refractivity contribution in [2.45, 2.75) is 13.1 Å². The number of hydrogen-bond acceptors (Lipinski definition) is 3. The van der Waals surface area contributed by atoms with E-state index < -0.39 is 17.7 Å². The van der Waals surface area contributed by atoms with Crippen LogP contribution in [0.1, 0.15) is 18.1 Å². The molecular weight excluding hydrogens is 339 g/mol. The van der Waals surface area contributed by atoms with Crippen LogP contribution in [-0.2, 0) is 15.7 Å². The first-order valence-electron chi connectivity index (χ1n) is 5.45. The number of nitrogens with zero attached hydrogens (tertiary/aromatic N) is 1. The zero-order valence-electron chi connectivity index (χ0n) is 10.3. The Balaban J connectivity index is 3.15. The molecule has 0 bridgehead atoms. The van der Waals surface area contributed by atoms with Crippen molar-refractivity contribution in [3.63, 3.8) is 0 Å². The Kier molecular flexibility index (Phi) is 5.34. The Hall–Kier alpha value is -1.81. The average molecular weight is 348 g/mol. The highest BCUT2D eigenvalue weighted by atomic mass is 79.9. The number of nitriles is 1. The predicted molar refractivity (Wildman–Crippen MR) is 69.4 cm³/mol. The molecule has 0 radical (unpaired) electrons. The molecule has 1 aromatic rings. The van der Waals surface area contributed by atoms with Crippen molar-refractivity contribution >= 4 is 28.0 Å². The summed E-state index contributed by atoms with van der Waals surface area (Å²) >= 11 is 2.98. The van der Waals surface area contributed by atoms with Gasteiger partial charge in [0, 0.05) is 4.47 Å². The van der Waals surface area contributed by atoms with E-state index in [2.05, 4.69) is 20.7 Å². The van der Waals surface area contributed by atoms with Crippen molar-refractivity contribution < 1.29 is 22.7 Å². The summed E-state index contributed by atoms with van der Waals surface area (Å²) in [4.78, 5) is 11.4. The van der Waals surface area contributed by atoms with Gasteiger partial charge in [-0.15, -0.1) is 0 Å². The molecule has 1 rings (SSSR count). The molecule has 0 N–H and O–H groups in total. The molecule has 0 atom stereocenters. The van der Waals surface area contributed by atoms with Gasteiger partial charge in [-0.3, -0.25) is 0 Å². The molecule has 0 heterocycles. The predicted octanol–water partition coefficient (Wildman–Crippen LogP) is 3.94. The van der Waals surface area contributed by atoms with Crippen LogP contribution in [0.25, 0.3) is 6.08 Å². The summed E-state index contributed by atoms with van der Waals surface area (Å²) in [5.41, 5.74) is -0.828. The van der Waals surface area contributed by atoms with E-state index in [9.17, 15) is 18.0 Å². The maximum Gasteiger partial charge on any atom is 0.416 e. The van der Waals surface area contributed by atoms with E-state index in [0.717, 1.165) is 12.1 Å². The third-order valence-electron chi connectivity index (χ3n) is 2.24. The number of rotatable bonds is 3. The second kappa shape index (κ2) is 6.57. The number of halogens is 4.